The molecule has 0 saturated carbocycles. The van der Waals surface area contributed by atoms with Gasteiger partial charge >= 0.3 is 0 Å². The van der Waals surface area contributed by atoms with Crippen LogP contribution in [0.25, 0.3) is 11.1 Å². The average Bonchev–Trinajstić information content (AvgIpc) is 2.69. The largest absolute Gasteiger partial charge is 0.506 e. The molecule has 3 aromatic carbocycles. The second-order valence-corrected chi connectivity index (χ2v) is 8.08. The Labute approximate surface area is 168 Å². The molecule has 0 bridgehead atoms. The van der Waals surface area contributed by atoms with Gasteiger partial charge in [0.05, 0.1) is 18.6 Å². The SMILES string of the molecule is CS(=O)(=O)OCc1cc(C(=O)Nc2ccc(O)c(N)c2)ccc1-c1ccccc1. The third kappa shape index (κ3) is 5.34. The van der Waals surface area contributed by atoms with Gasteiger partial charge in [-0.2, -0.15) is 8.42 Å². The Kier molecular flexibility index (Phi) is 5.86. The maximum atomic E-state index is 12.6. The second kappa shape index (κ2) is 8.34. The van der Waals surface area contributed by atoms with Crippen LogP contribution in [0.5, 0.6) is 5.75 Å². The Morgan fingerprint density at radius 1 is 1.07 bits per heavy atom. The number of hydrogen-bond acceptors (Lipinski definition) is 6. The molecule has 0 aromatic heterocycles. The summed E-state index contributed by atoms with van der Waals surface area (Å²) in [4.78, 5) is 12.6. The molecule has 3 rings (SSSR count). The molecule has 8 heteroatoms. The lowest BCUT2D eigenvalue weighted by Gasteiger charge is -2.13. The van der Waals surface area contributed by atoms with Crippen LogP contribution in [-0.2, 0) is 20.9 Å². The summed E-state index contributed by atoms with van der Waals surface area (Å²) in [7, 11) is -3.65. The van der Waals surface area contributed by atoms with Gasteiger partial charge in [-0.15, -0.1) is 0 Å². The van der Waals surface area contributed by atoms with Crippen molar-refractivity contribution in [1.82, 2.24) is 0 Å². The van der Waals surface area contributed by atoms with Gasteiger partial charge < -0.3 is 16.2 Å². The van der Waals surface area contributed by atoms with Crippen molar-refractivity contribution in [3.8, 4) is 16.9 Å². The molecule has 0 saturated heterocycles. The number of nitrogens with two attached hydrogens (primary N) is 1. The Morgan fingerprint density at radius 2 is 1.79 bits per heavy atom. The van der Waals surface area contributed by atoms with E-state index in [2.05, 4.69) is 5.32 Å². The summed E-state index contributed by atoms with van der Waals surface area (Å²) in [5.41, 5.74) is 8.73. The van der Waals surface area contributed by atoms with Crippen LogP contribution in [0.15, 0.2) is 66.7 Å². The summed E-state index contributed by atoms with van der Waals surface area (Å²) in [6, 6.07) is 18.7. The number of rotatable bonds is 6. The zero-order chi connectivity index (χ0) is 21.0. The Balaban J connectivity index is 1.92. The summed E-state index contributed by atoms with van der Waals surface area (Å²) in [5, 5.41) is 12.2. The zero-order valence-corrected chi connectivity index (χ0v) is 16.4. The fraction of sp³-hybridized carbons (Fsp3) is 0.0952. The number of phenols is 1. The van der Waals surface area contributed by atoms with Crippen LogP contribution in [0.2, 0.25) is 0 Å². The molecule has 0 atom stereocenters. The van der Waals surface area contributed by atoms with Gasteiger partial charge in [0, 0.05) is 11.3 Å². The summed E-state index contributed by atoms with van der Waals surface area (Å²) < 4.78 is 27.8. The van der Waals surface area contributed by atoms with Gasteiger partial charge in [-0.05, 0) is 47.0 Å². The number of anilines is 2. The van der Waals surface area contributed by atoms with Gasteiger partial charge in [-0.1, -0.05) is 36.4 Å². The van der Waals surface area contributed by atoms with Crippen LogP contribution in [0.3, 0.4) is 0 Å². The molecule has 0 spiro atoms. The van der Waals surface area contributed by atoms with Crippen molar-refractivity contribution in [1.29, 1.82) is 0 Å². The third-order valence-corrected chi connectivity index (χ3v) is 4.71. The summed E-state index contributed by atoms with van der Waals surface area (Å²) in [5.74, 6) is -0.481. The molecule has 0 aliphatic rings. The second-order valence-electron chi connectivity index (χ2n) is 6.43. The molecule has 4 N–H and O–H groups in total. The van der Waals surface area contributed by atoms with Gasteiger partial charge in [0.2, 0.25) is 0 Å². The first-order valence-corrected chi connectivity index (χ1v) is 10.5. The maximum Gasteiger partial charge on any atom is 0.264 e. The highest BCUT2D eigenvalue weighted by Gasteiger charge is 2.14. The van der Waals surface area contributed by atoms with Crippen LogP contribution < -0.4 is 11.1 Å². The molecule has 0 aliphatic heterocycles. The van der Waals surface area contributed by atoms with Gasteiger partial charge in [-0.3, -0.25) is 8.98 Å². The summed E-state index contributed by atoms with van der Waals surface area (Å²) in [6.45, 7) is -0.198. The smallest absolute Gasteiger partial charge is 0.264 e. The average molecular weight is 412 g/mol. The molecular weight excluding hydrogens is 392 g/mol. The standard InChI is InChI=1S/C21H20N2O5S/c1-29(26,27)28-13-16-11-15(7-9-18(16)14-5-3-2-4-6-14)21(25)23-17-8-10-20(24)19(22)12-17/h2-12,24H,13,22H2,1H3,(H,23,25). The van der Waals surface area contributed by atoms with Crippen LogP contribution in [0.1, 0.15) is 15.9 Å². The maximum absolute atomic E-state index is 12.6. The fourth-order valence-corrected chi connectivity index (χ4v) is 3.10. The Morgan fingerprint density at radius 3 is 2.45 bits per heavy atom. The fourth-order valence-electron chi connectivity index (χ4n) is 2.76. The molecule has 1 amide bonds. The van der Waals surface area contributed by atoms with Crippen molar-refractivity contribution in [2.24, 2.45) is 0 Å². The quantitative estimate of drug-likeness (QED) is 0.247. The van der Waals surface area contributed by atoms with Crippen molar-refractivity contribution in [3.05, 3.63) is 77.9 Å². The van der Waals surface area contributed by atoms with E-state index in [-0.39, 0.29) is 18.0 Å². The van der Waals surface area contributed by atoms with Gasteiger partial charge in [0.1, 0.15) is 5.75 Å². The lowest BCUT2D eigenvalue weighted by atomic mass is 9.97. The van der Waals surface area contributed by atoms with E-state index in [1.165, 1.54) is 18.2 Å². The molecule has 0 radical (unpaired) electrons. The van der Waals surface area contributed by atoms with E-state index in [4.69, 9.17) is 9.92 Å². The minimum atomic E-state index is -3.65. The Hall–Kier alpha value is -3.36. The van der Waals surface area contributed by atoms with E-state index < -0.39 is 16.0 Å². The highest BCUT2D eigenvalue weighted by molar-refractivity contribution is 7.85. The molecule has 3 aromatic rings. The number of aromatic hydroxyl groups is 1. The Bertz CT molecular complexity index is 1140. The van der Waals surface area contributed by atoms with Gasteiger partial charge in [0.15, 0.2) is 0 Å². The molecule has 7 nitrogen and oxygen atoms in total. The molecule has 0 heterocycles. The van der Waals surface area contributed by atoms with E-state index in [9.17, 15) is 18.3 Å². The first-order chi connectivity index (χ1) is 13.7. The highest BCUT2D eigenvalue weighted by atomic mass is 32.2. The van der Waals surface area contributed by atoms with Crippen LogP contribution in [0.4, 0.5) is 11.4 Å². The monoisotopic (exact) mass is 412 g/mol. The minimum absolute atomic E-state index is 0.0737. The lowest BCUT2D eigenvalue weighted by molar-refractivity contribution is 0.102. The molecule has 150 valence electrons. The number of benzene rings is 3. The van der Waals surface area contributed by atoms with Gasteiger partial charge in [-0.25, -0.2) is 0 Å². The molecule has 29 heavy (non-hydrogen) atoms. The number of nitrogens with one attached hydrogen (secondary N) is 1. The summed E-state index contributed by atoms with van der Waals surface area (Å²) >= 11 is 0. The van der Waals surface area contributed by atoms with Crippen LogP contribution in [-0.4, -0.2) is 25.7 Å². The predicted molar refractivity (Wildman–Crippen MR) is 112 cm³/mol. The first kappa shape index (κ1) is 20.4. The normalized spacial score (nSPS) is 11.2. The number of carbonyl (C=O) groups is 1. The number of phenolic OH excluding ortho intramolecular Hbond substituents is 1. The zero-order valence-electron chi connectivity index (χ0n) is 15.6. The lowest BCUT2D eigenvalue weighted by Crippen LogP contribution is -2.13. The molecule has 0 unspecified atom stereocenters. The molecule has 0 fully saturated rings. The molecule has 0 aliphatic carbocycles. The highest BCUT2D eigenvalue weighted by Crippen LogP contribution is 2.27. The van der Waals surface area contributed by atoms with Crippen molar-refractivity contribution in [2.75, 3.05) is 17.3 Å². The van der Waals surface area contributed by atoms with Crippen LogP contribution in [0, 0.1) is 0 Å². The third-order valence-electron chi connectivity index (χ3n) is 4.17. The van der Waals surface area contributed by atoms with E-state index >= 15 is 0 Å². The van der Waals surface area contributed by atoms with Gasteiger partial charge in [0.25, 0.3) is 16.0 Å². The summed E-state index contributed by atoms with van der Waals surface area (Å²) in [6.07, 6.45) is 0.973. The number of amides is 1. The van der Waals surface area contributed by atoms with Crippen molar-refractivity contribution in [3.63, 3.8) is 0 Å². The van der Waals surface area contributed by atoms with Crippen LogP contribution >= 0.6 is 0 Å². The molecular formula is C21H20N2O5S. The predicted octanol–water partition coefficient (Wildman–Crippen LogP) is 3.37. The minimum Gasteiger partial charge on any atom is -0.506 e. The van der Waals surface area contributed by atoms with E-state index in [0.717, 1.165) is 17.4 Å². The van der Waals surface area contributed by atoms with E-state index in [0.29, 0.717) is 16.8 Å². The van der Waals surface area contributed by atoms with Crippen molar-refractivity contribution < 1.29 is 22.5 Å². The topological polar surface area (TPSA) is 119 Å². The van der Waals surface area contributed by atoms with Crippen molar-refractivity contribution in [2.45, 2.75) is 6.61 Å². The van der Waals surface area contributed by atoms with Crippen molar-refractivity contribution >= 4 is 27.4 Å². The number of carbonyl (C=O) groups excluding carboxylic acids is 1. The first-order valence-electron chi connectivity index (χ1n) is 8.65. The van der Waals surface area contributed by atoms with E-state index in [1.54, 1.807) is 18.2 Å². The number of nitrogen functional groups attached to an aromatic ring is 1. The van der Waals surface area contributed by atoms with E-state index in [1.807, 2.05) is 30.3 Å². The number of hydrogen-bond donors (Lipinski definition) is 3.